The number of nitrogens with two attached hydrogens (primary N) is 1. The van der Waals surface area contributed by atoms with Crippen LogP contribution in [0, 0.1) is 11.8 Å². The first kappa shape index (κ1) is 14.1. The Hall–Kier alpha value is -1.31. The molecule has 1 aromatic rings. The van der Waals surface area contributed by atoms with E-state index in [0.717, 1.165) is 29.8 Å². The predicted octanol–water partition coefficient (Wildman–Crippen LogP) is 2.46. The van der Waals surface area contributed by atoms with Crippen LogP contribution in [-0.4, -0.2) is 29.9 Å². The van der Waals surface area contributed by atoms with Crippen LogP contribution in [0.1, 0.15) is 47.8 Å². The van der Waals surface area contributed by atoms with Crippen LogP contribution >= 0.6 is 11.3 Å². The van der Waals surface area contributed by atoms with Gasteiger partial charge in [-0.25, -0.2) is 0 Å². The molecule has 2 heterocycles. The van der Waals surface area contributed by atoms with Crippen LogP contribution < -0.4 is 5.73 Å². The standard InChI is InChI=1S/C15H20N2OS/c1-12-6-3-2-4-9-17(12)15(18)13-10-14(19-11-13)7-5-8-16/h10-12H,2-4,6,8-9,16H2,1H3. The minimum atomic E-state index is 0.145. The van der Waals surface area contributed by atoms with Gasteiger partial charge in [-0.15, -0.1) is 11.3 Å². The zero-order valence-corrected chi connectivity index (χ0v) is 12.1. The molecule has 2 rings (SSSR count). The van der Waals surface area contributed by atoms with Gasteiger partial charge in [0.2, 0.25) is 0 Å². The molecule has 1 fully saturated rings. The first-order valence-electron chi connectivity index (χ1n) is 6.81. The molecule has 0 radical (unpaired) electrons. The highest BCUT2D eigenvalue weighted by Crippen LogP contribution is 2.21. The summed E-state index contributed by atoms with van der Waals surface area (Å²) in [6.45, 7) is 3.37. The maximum Gasteiger partial charge on any atom is 0.254 e. The van der Waals surface area contributed by atoms with Crippen LogP contribution in [0.2, 0.25) is 0 Å². The zero-order chi connectivity index (χ0) is 13.7. The van der Waals surface area contributed by atoms with Crippen LogP contribution in [0.25, 0.3) is 0 Å². The minimum Gasteiger partial charge on any atom is -0.336 e. The van der Waals surface area contributed by atoms with Crippen molar-refractivity contribution >= 4 is 17.2 Å². The average Bonchev–Trinajstić information content (AvgIpc) is 2.78. The van der Waals surface area contributed by atoms with Gasteiger partial charge in [-0.3, -0.25) is 4.79 Å². The molecule has 2 N–H and O–H groups in total. The molecule has 1 atom stereocenters. The second-order valence-corrected chi connectivity index (χ2v) is 5.81. The van der Waals surface area contributed by atoms with Crippen molar-refractivity contribution in [3.8, 4) is 11.8 Å². The van der Waals surface area contributed by atoms with E-state index >= 15 is 0 Å². The molecule has 0 spiro atoms. The lowest BCUT2D eigenvalue weighted by Crippen LogP contribution is -2.38. The highest BCUT2D eigenvalue weighted by atomic mass is 32.1. The topological polar surface area (TPSA) is 46.3 Å². The molecule has 1 aliphatic rings. The maximum absolute atomic E-state index is 12.5. The molecule has 0 aromatic carbocycles. The van der Waals surface area contributed by atoms with E-state index in [9.17, 15) is 4.79 Å². The Kier molecular flexibility index (Phi) is 5.00. The Morgan fingerprint density at radius 1 is 1.53 bits per heavy atom. The number of carbonyl (C=O) groups excluding carboxylic acids is 1. The first-order chi connectivity index (χ1) is 9.22. The Labute approximate surface area is 118 Å². The smallest absolute Gasteiger partial charge is 0.254 e. The molecule has 1 unspecified atom stereocenters. The van der Waals surface area contributed by atoms with Crippen molar-refractivity contribution < 1.29 is 4.79 Å². The van der Waals surface area contributed by atoms with E-state index in [4.69, 9.17) is 5.73 Å². The fourth-order valence-electron chi connectivity index (χ4n) is 2.39. The van der Waals surface area contributed by atoms with Gasteiger partial charge in [-0.05, 0) is 25.8 Å². The highest BCUT2D eigenvalue weighted by Gasteiger charge is 2.23. The Morgan fingerprint density at radius 2 is 2.37 bits per heavy atom. The fourth-order valence-corrected chi connectivity index (χ4v) is 3.14. The van der Waals surface area contributed by atoms with Crippen LogP contribution in [0.4, 0.5) is 0 Å². The number of carbonyl (C=O) groups is 1. The molecule has 0 saturated carbocycles. The number of nitrogens with zero attached hydrogens (tertiary/aromatic N) is 1. The lowest BCUT2D eigenvalue weighted by Gasteiger charge is -2.26. The van der Waals surface area contributed by atoms with Gasteiger partial charge in [0.1, 0.15) is 0 Å². The molecule has 19 heavy (non-hydrogen) atoms. The van der Waals surface area contributed by atoms with Gasteiger partial charge >= 0.3 is 0 Å². The largest absolute Gasteiger partial charge is 0.336 e. The predicted molar refractivity (Wildman–Crippen MR) is 79.2 cm³/mol. The molecule has 1 aromatic heterocycles. The third kappa shape index (κ3) is 3.59. The van der Waals surface area contributed by atoms with Gasteiger partial charge in [0, 0.05) is 18.0 Å². The van der Waals surface area contributed by atoms with Crippen molar-refractivity contribution in [3.63, 3.8) is 0 Å². The first-order valence-corrected chi connectivity index (χ1v) is 7.69. The summed E-state index contributed by atoms with van der Waals surface area (Å²) < 4.78 is 0. The summed E-state index contributed by atoms with van der Waals surface area (Å²) >= 11 is 1.51. The highest BCUT2D eigenvalue weighted by molar-refractivity contribution is 7.10. The normalized spacial score (nSPS) is 19.5. The Morgan fingerprint density at radius 3 is 3.16 bits per heavy atom. The number of hydrogen-bond acceptors (Lipinski definition) is 3. The van der Waals surface area contributed by atoms with Crippen molar-refractivity contribution in [2.75, 3.05) is 13.1 Å². The van der Waals surface area contributed by atoms with Gasteiger partial charge in [-0.2, -0.15) is 0 Å². The van der Waals surface area contributed by atoms with E-state index in [1.54, 1.807) is 0 Å². The number of rotatable bonds is 1. The van der Waals surface area contributed by atoms with Crippen molar-refractivity contribution in [3.05, 3.63) is 21.9 Å². The monoisotopic (exact) mass is 276 g/mol. The van der Waals surface area contributed by atoms with Crippen molar-refractivity contribution in [1.29, 1.82) is 0 Å². The van der Waals surface area contributed by atoms with Crippen LogP contribution in [-0.2, 0) is 0 Å². The van der Waals surface area contributed by atoms with E-state index in [1.807, 2.05) is 16.3 Å². The minimum absolute atomic E-state index is 0.145. The number of likely N-dealkylation sites (tertiary alicyclic amines) is 1. The van der Waals surface area contributed by atoms with E-state index in [2.05, 4.69) is 18.8 Å². The SMILES string of the molecule is CC1CCCCCN1C(=O)c1csc(C#CCN)c1. The van der Waals surface area contributed by atoms with Crippen molar-refractivity contribution in [1.82, 2.24) is 4.90 Å². The summed E-state index contributed by atoms with van der Waals surface area (Å²) in [4.78, 5) is 15.4. The van der Waals surface area contributed by atoms with E-state index in [0.29, 0.717) is 12.6 Å². The van der Waals surface area contributed by atoms with Gasteiger partial charge in [0.25, 0.3) is 5.91 Å². The maximum atomic E-state index is 12.5. The number of hydrogen-bond donors (Lipinski definition) is 1. The molecule has 1 aliphatic heterocycles. The number of thiophene rings is 1. The van der Waals surface area contributed by atoms with Crippen LogP contribution in [0.3, 0.4) is 0 Å². The summed E-state index contributed by atoms with van der Waals surface area (Å²) in [6.07, 6.45) is 4.67. The van der Waals surface area contributed by atoms with Crippen molar-refractivity contribution in [2.45, 2.75) is 38.6 Å². The molecule has 4 heteroatoms. The Balaban J connectivity index is 2.11. The summed E-state index contributed by atoms with van der Waals surface area (Å²) in [6, 6.07) is 2.22. The molecule has 0 bridgehead atoms. The van der Waals surface area contributed by atoms with Crippen molar-refractivity contribution in [2.24, 2.45) is 5.73 Å². The average molecular weight is 276 g/mol. The molecular formula is C15H20N2OS. The molecule has 0 aliphatic carbocycles. The Bertz CT molecular complexity index is 498. The van der Waals surface area contributed by atoms with E-state index < -0.39 is 0 Å². The second kappa shape index (κ2) is 6.74. The summed E-state index contributed by atoms with van der Waals surface area (Å²) in [5.41, 5.74) is 6.12. The van der Waals surface area contributed by atoms with Crippen LogP contribution in [0.15, 0.2) is 11.4 Å². The quantitative estimate of drug-likeness (QED) is 0.801. The molecular weight excluding hydrogens is 256 g/mol. The molecule has 1 saturated heterocycles. The fraction of sp³-hybridized carbons (Fsp3) is 0.533. The molecule has 102 valence electrons. The molecule has 3 nitrogen and oxygen atoms in total. The third-order valence-electron chi connectivity index (χ3n) is 3.47. The lowest BCUT2D eigenvalue weighted by molar-refractivity contribution is 0.0698. The summed E-state index contributed by atoms with van der Waals surface area (Å²) in [7, 11) is 0. The van der Waals surface area contributed by atoms with E-state index in [1.165, 1.54) is 24.2 Å². The third-order valence-corrected chi connectivity index (χ3v) is 4.32. The van der Waals surface area contributed by atoms with Crippen LogP contribution in [0.5, 0.6) is 0 Å². The summed E-state index contributed by atoms with van der Waals surface area (Å²) in [5, 5.41) is 1.90. The van der Waals surface area contributed by atoms with Gasteiger partial charge in [-0.1, -0.05) is 24.7 Å². The lowest BCUT2D eigenvalue weighted by atomic mass is 10.1. The van der Waals surface area contributed by atoms with E-state index in [-0.39, 0.29) is 5.91 Å². The van der Waals surface area contributed by atoms with Gasteiger partial charge < -0.3 is 10.6 Å². The van der Waals surface area contributed by atoms with Gasteiger partial charge in [0.05, 0.1) is 17.0 Å². The summed E-state index contributed by atoms with van der Waals surface area (Å²) in [5.74, 6) is 5.94. The zero-order valence-electron chi connectivity index (χ0n) is 11.3. The van der Waals surface area contributed by atoms with Gasteiger partial charge in [0.15, 0.2) is 0 Å². The number of amides is 1. The second-order valence-electron chi connectivity index (χ2n) is 4.90. The molecule has 1 amide bonds.